The second kappa shape index (κ2) is 4.16. The fourth-order valence-electron chi connectivity index (χ4n) is 1.12. The van der Waals surface area contributed by atoms with Crippen molar-refractivity contribution in [2.45, 2.75) is 39.4 Å². The first-order valence-electron chi connectivity index (χ1n) is 4.10. The van der Waals surface area contributed by atoms with Crippen LogP contribution >= 0.6 is 0 Å². The molecule has 6 heteroatoms. The first kappa shape index (κ1) is 13.9. The SMILES string of the molecule is CC(C)(C)C1CC(C(F)(F)F)=NN1.[H-].[Li+]. The van der Waals surface area contributed by atoms with Crippen molar-refractivity contribution in [3.63, 3.8) is 0 Å². The van der Waals surface area contributed by atoms with E-state index < -0.39 is 11.9 Å². The number of hydrazone groups is 1. The average molecular weight is 202 g/mol. The topological polar surface area (TPSA) is 24.4 Å². The molecular weight excluding hydrogens is 188 g/mol. The van der Waals surface area contributed by atoms with Crippen molar-refractivity contribution in [2.24, 2.45) is 10.5 Å². The molecular formula is C8H14F3LiN2. The Morgan fingerprint density at radius 1 is 1.36 bits per heavy atom. The maximum absolute atomic E-state index is 12.2. The van der Waals surface area contributed by atoms with E-state index in [1.165, 1.54) is 0 Å². The van der Waals surface area contributed by atoms with E-state index in [1.807, 2.05) is 20.8 Å². The predicted octanol–water partition coefficient (Wildman–Crippen LogP) is -0.571. The van der Waals surface area contributed by atoms with Crippen LogP contribution in [0.3, 0.4) is 0 Å². The van der Waals surface area contributed by atoms with Gasteiger partial charge in [0, 0.05) is 6.42 Å². The van der Waals surface area contributed by atoms with Gasteiger partial charge >= 0.3 is 25.0 Å². The van der Waals surface area contributed by atoms with Crippen LogP contribution in [0, 0.1) is 5.41 Å². The molecule has 1 heterocycles. The largest absolute Gasteiger partial charge is 1.00 e. The Hall–Kier alpha value is -0.143. The van der Waals surface area contributed by atoms with Crippen molar-refractivity contribution >= 4 is 5.71 Å². The zero-order chi connectivity index (χ0) is 10.3. The first-order chi connectivity index (χ1) is 5.71. The molecule has 0 aliphatic carbocycles. The number of halogens is 3. The molecule has 0 aromatic heterocycles. The summed E-state index contributed by atoms with van der Waals surface area (Å²) in [4.78, 5) is 0. The summed E-state index contributed by atoms with van der Waals surface area (Å²) in [7, 11) is 0. The first-order valence-corrected chi connectivity index (χ1v) is 4.10. The number of hydrogen-bond acceptors (Lipinski definition) is 2. The number of hydrogen-bond donors (Lipinski definition) is 1. The molecule has 14 heavy (non-hydrogen) atoms. The molecule has 0 radical (unpaired) electrons. The molecule has 0 spiro atoms. The molecule has 2 nitrogen and oxygen atoms in total. The Bertz CT molecular complexity index is 235. The molecule has 1 aliphatic heterocycles. The van der Waals surface area contributed by atoms with Crippen LogP contribution < -0.4 is 24.3 Å². The van der Waals surface area contributed by atoms with Crippen molar-refractivity contribution < 1.29 is 33.5 Å². The molecule has 1 N–H and O–H groups in total. The van der Waals surface area contributed by atoms with Crippen molar-refractivity contribution in [3.8, 4) is 0 Å². The van der Waals surface area contributed by atoms with Crippen LogP contribution in [0.25, 0.3) is 0 Å². The van der Waals surface area contributed by atoms with Gasteiger partial charge < -0.3 is 6.85 Å². The van der Waals surface area contributed by atoms with E-state index in [1.54, 1.807) is 0 Å². The van der Waals surface area contributed by atoms with E-state index in [0.717, 1.165) is 0 Å². The third-order valence-electron chi connectivity index (χ3n) is 2.13. The van der Waals surface area contributed by atoms with Crippen LogP contribution in [0.15, 0.2) is 5.10 Å². The van der Waals surface area contributed by atoms with Gasteiger partial charge in [0.2, 0.25) is 0 Å². The summed E-state index contributed by atoms with van der Waals surface area (Å²) in [6.07, 6.45) is -4.32. The van der Waals surface area contributed by atoms with Gasteiger partial charge in [0.25, 0.3) is 0 Å². The van der Waals surface area contributed by atoms with Crippen molar-refractivity contribution in [3.05, 3.63) is 0 Å². The van der Waals surface area contributed by atoms with Gasteiger partial charge in [-0.15, -0.1) is 0 Å². The second-order valence-corrected chi connectivity index (χ2v) is 4.31. The molecule has 0 aromatic rings. The van der Waals surface area contributed by atoms with E-state index in [0.29, 0.717) is 0 Å². The summed E-state index contributed by atoms with van der Waals surface area (Å²) in [5.74, 6) is 0. The smallest absolute Gasteiger partial charge is 1.00 e. The quantitative estimate of drug-likeness (QED) is 0.523. The van der Waals surface area contributed by atoms with Gasteiger partial charge in [-0.2, -0.15) is 18.3 Å². The van der Waals surface area contributed by atoms with E-state index in [9.17, 15) is 13.2 Å². The minimum absolute atomic E-state index is 0. The Morgan fingerprint density at radius 2 is 1.86 bits per heavy atom. The summed E-state index contributed by atoms with van der Waals surface area (Å²) < 4.78 is 36.5. The Morgan fingerprint density at radius 3 is 2.07 bits per heavy atom. The summed E-state index contributed by atoms with van der Waals surface area (Å²) in [6, 6.07) is -0.218. The molecule has 0 aromatic carbocycles. The van der Waals surface area contributed by atoms with Crippen LogP contribution in [0.5, 0.6) is 0 Å². The van der Waals surface area contributed by atoms with E-state index >= 15 is 0 Å². The Kier molecular flexibility index (Phi) is 4.11. The molecule has 0 bridgehead atoms. The zero-order valence-corrected chi connectivity index (χ0v) is 8.87. The summed E-state index contributed by atoms with van der Waals surface area (Å²) in [6.45, 7) is 5.67. The number of nitrogens with one attached hydrogen (secondary N) is 1. The van der Waals surface area contributed by atoms with E-state index in [2.05, 4.69) is 10.5 Å². The number of alkyl halides is 3. The molecule has 0 fully saturated rings. The molecule has 1 rings (SSSR count). The van der Waals surface area contributed by atoms with Crippen LogP contribution in [-0.4, -0.2) is 17.9 Å². The maximum Gasteiger partial charge on any atom is 1.00 e. The zero-order valence-electron chi connectivity index (χ0n) is 9.87. The van der Waals surface area contributed by atoms with Crippen LogP contribution in [0.1, 0.15) is 28.6 Å². The van der Waals surface area contributed by atoms with Gasteiger partial charge in [-0.25, -0.2) is 0 Å². The number of rotatable bonds is 0. The molecule has 1 aliphatic rings. The van der Waals surface area contributed by atoms with Gasteiger partial charge in [0.1, 0.15) is 5.71 Å². The van der Waals surface area contributed by atoms with Crippen molar-refractivity contribution in [1.82, 2.24) is 5.43 Å². The normalized spacial score (nSPS) is 22.4. The molecule has 78 valence electrons. The molecule has 0 saturated carbocycles. The molecule has 1 atom stereocenters. The molecule has 0 saturated heterocycles. The summed E-state index contributed by atoms with van der Waals surface area (Å²) in [5.41, 5.74) is 1.62. The monoisotopic (exact) mass is 202 g/mol. The summed E-state index contributed by atoms with van der Waals surface area (Å²) >= 11 is 0. The van der Waals surface area contributed by atoms with Gasteiger partial charge in [-0.3, -0.25) is 0 Å². The summed E-state index contributed by atoms with van der Waals surface area (Å²) in [5, 5.41) is 3.30. The fraction of sp³-hybridized carbons (Fsp3) is 0.875. The Balaban J connectivity index is 0. The van der Waals surface area contributed by atoms with Gasteiger partial charge in [-0.05, 0) is 5.41 Å². The standard InChI is InChI=1S/C8H13F3N2.Li.H/c1-7(2,3)5-4-6(13-12-5)8(9,10)11;;/h5,12H,4H2,1-3H3;;/q;+1;-1. The Labute approximate surface area is 95.0 Å². The van der Waals surface area contributed by atoms with Gasteiger partial charge in [0.05, 0.1) is 6.04 Å². The third-order valence-corrected chi connectivity index (χ3v) is 2.13. The van der Waals surface area contributed by atoms with Crippen molar-refractivity contribution in [1.29, 1.82) is 0 Å². The van der Waals surface area contributed by atoms with Crippen LogP contribution in [-0.2, 0) is 0 Å². The van der Waals surface area contributed by atoms with Gasteiger partial charge in [-0.1, -0.05) is 20.8 Å². The van der Waals surface area contributed by atoms with Gasteiger partial charge in [0.15, 0.2) is 0 Å². The second-order valence-electron chi connectivity index (χ2n) is 4.31. The van der Waals surface area contributed by atoms with E-state index in [-0.39, 0.29) is 38.2 Å². The maximum atomic E-state index is 12.2. The average Bonchev–Trinajstić information content (AvgIpc) is 2.28. The molecule has 0 amide bonds. The number of nitrogens with zero attached hydrogens (tertiary/aromatic N) is 1. The minimum Gasteiger partial charge on any atom is -1.00 e. The third kappa shape index (κ3) is 3.21. The molecule has 1 unspecified atom stereocenters. The van der Waals surface area contributed by atoms with Crippen LogP contribution in [0.2, 0.25) is 0 Å². The predicted molar refractivity (Wildman–Crippen MR) is 45.6 cm³/mol. The fourth-order valence-corrected chi connectivity index (χ4v) is 1.12. The van der Waals surface area contributed by atoms with Crippen LogP contribution in [0.4, 0.5) is 13.2 Å². The minimum atomic E-state index is -4.28. The van der Waals surface area contributed by atoms with E-state index in [4.69, 9.17) is 0 Å². The van der Waals surface area contributed by atoms with Crippen molar-refractivity contribution in [2.75, 3.05) is 0 Å².